The quantitative estimate of drug-likeness (QED) is 0.126. The Hall–Kier alpha value is -6.84. The van der Waals surface area contributed by atoms with Gasteiger partial charge in [-0.15, -0.1) is 0 Å². The van der Waals surface area contributed by atoms with Crippen molar-refractivity contribution in [2.24, 2.45) is 5.92 Å². The fourth-order valence-electron chi connectivity index (χ4n) is 9.25. The highest BCUT2D eigenvalue weighted by atomic mass is 16.5. The molecule has 2 aromatic carbocycles. The van der Waals surface area contributed by atoms with Crippen molar-refractivity contribution in [3.63, 3.8) is 0 Å². The highest BCUT2D eigenvalue weighted by Crippen LogP contribution is 2.40. The van der Waals surface area contributed by atoms with Crippen LogP contribution in [0.3, 0.4) is 0 Å². The second kappa shape index (κ2) is 16.3. The van der Waals surface area contributed by atoms with Gasteiger partial charge in [0.25, 0.3) is 0 Å². The van der Waals surface area contributed by atoms with E-state index in [1.54, 1.807) is 29.7 Å². The zero-order valence-electron chi connectivity index (χ0n) is 34.5. The van der Waals surface area contributed by atoms with E-state index in [-0.39, 0.29) is 35.6 Å². The number of ether oxygens (including phenoxy) is 2. The van der Waals surface area contributed by atoms with E-state index < -0.39 is 24.1 Å². The summed E-state index contributed by atoms with van der Waals surface area (Å²) in [5.41, 5.74) is 6.35. The zero-order chi connectivity index (χ0) is 42.4. The molecule has 1 saturated heterocycles. The SMILES string of the molecule is COC(=O)N[C@H]1CCc2ccn3c2C1C(=O)C[C@H](c1ncc(-c2cnc(-c4ccc5cc(-c6cnc([C@@H]7CCCN7C(=O)[C@@H](NC(=O)OC)C(C)C)[nH]6)ccc5c4)nc2)[nH]1)C3. The van der Waals surface area contributed by atoms with Crippen LogP contribution < -0.4 is 10.6 Å². The van der Waals surface area contributed by atoms with Crippen molar-refractivity contribution in [3.05, 3.63) is 96.4 Å². The van der Waals surface area contributed by atoms with Gasteiger partial charge in [0.1, 0.15) is 23.5 Å². The van der Waals surface area contributed by atoms with Gasteiger partial charge < -0.3 is 39.5 Å². The van der Waals surface area contributed by atoms with E-state index in [1.165, 1.54) is 14.2 Å². The molecule has 314 valence electrons. The first-order chi connectivity index (χ1) is 29.6. The number of aromatic amines is 2. The minimum atomic E-state index is -0.697. The average Bonchev–Trinajstić information content (AvgIpc) is 4.11. The molecule has 16 heteroatoms. The van der Waals surface area contributed by atoms with Crippen LogP contribution in [0.4, 0.5) is 9.59 Å². The molecular weight excluding hydrogens is 777 g/mol. The predicted octanol–water partition coefficient (Wildman–Crippen LogP) is 6.43. The standard InChI is InChI=1S/C45H48N10O6/c1-24(2)38(53-45(59)61-4)43(57)55-14-5-6-35(55)42-49-21-33(51-42)28-9-7-27-17-29(10-8-26(27)16-28)40-46-19-31(20-47-40)34-22-48-41(50-34)30-18-36(56)37-32(52-44(58)60-3)12-11-25-13-15-54(23-30)39(25)37/h7-10,13,15-17,19-22,24,30,32,35,37-38H,5-6,11-12,14,18,23H2,1-4H3,(H,48,50)(H,49,51)(H,52,58)(H,53,59)/t30-,32-,35-,37?,38-/m0/s1. The predicted molar refractivity (Wildman–Crippen MR) is 225 cm³/mol. The summed E-state index contributed by atoms with van der Waals surface area (Å²) in [4.78, 5) is 79.1. The van der Waals surface area contributed by atoms with E-state index in [1.807, 2.05) is 38.2 Å². The monoisotopic (exact) mass is 824 g/mol. The molecule has 1 fully saturated rings. The summed E-state index contributed by atoms with van der Waals surface area (Å²) in [6.45, 7) is 4.98. The van der Waals surface area contributed by atoms with Gasteiger partial charge in [0.15, 0.2) is 5.82 Å². The molecule has 3 amide bonds. The Bertz CT molecular complexity index is 2630. The van der Waals surface area contributed by atoms with E-state index in [0.717, 1.165) is 69.4 Å². The van der Waals surface area contributed by atoms with Gasteiger partial charge in [-0.2, -0.15) is 0 Å². The summed E-state index contributed by atoms with van der Waals surface area (Å²) in [5.74, 6) is 1.22. The molecule has 0 spiro atoms. The number of fused-ring (bicyclic) bond motifs is 1. The number of hydrogen-bond acceptors (Lipinski definition) is 10. The van der Waals surface area contributed by atoms with Gasteiger partial charge in [-0.3, -0.25) is 9.59 Å². The van der Waals surface area contributed by atoms with Crippen LogP contribution in [-0.4, -0.2) is 96.1 Å². The van der Waals surface area contributed by atoms with Crippen molar-refractivity contribution < 1.29 is 28.7 Å². The number of H-pyrrole nitrogens is 2. The molecule has 5 atom stereocenters. The van der Waals surface area contributed by atoms with Gasteiger partial charge in [-0.25, -0.2) is 29.5 Å². The number of likely N-dealkylation sites (tertiary alicyclic amines) is 1. The first-order valence-electron chi connectivity index (χ1n) is 20.7. The smallest absolute Gasteiger partial charge is 0.407 e. The number of hydrogen-bond donors (Lipinski definition) is 4. The van der Waals surface area contributed by atoms with Crippen LogP contribution in [0.2, 0.25) is 0 Å². The Morgan fingerprint density at radius 1 is 0.820 bits per heavy atom. The van der Waals surface area contributed by atoms with Crippen LogP contribution in [0.1, 0.15) is 80.3 Å². The van der Waals surface area contributed by atoms with E-state index >= 15 is 0 Å². The maximum Gasteiger partial charge on any atom is 0.407 e. The number of Topliss-reactive ketones (excluding diaryl/α,β-unsaturated/α-hetero) is 1. The number of carbonyl (C=O) groups excluding carboxylic acids is 4. The fourth-order valence-corrected chi connectivity index (χ4v) is 9.25. The van der Waals surface area contributed by atoms with Crippen molar-refractivity contribution in [2.45, 2.75) is 82.5 Å². The Balaban J connectivity index is 0.877. The number of imidazole rings is 2. The topological polar surface area (TPSA) is 202 Å². The van der Waals surface area contributed by atoms with Crippen LogP contribution in [0, 0.1) is 5.92 Å². The number of aromatic nitrogens is 7. The fraction of sp³-hybridized carbons (Fsp3) is 0.378. The van der Waals surface area contributed by atoms with Crippen molar-refractivity contribution in [1.29, 1.82) is 0 Å². The minimum absolute atomic E-state index is 0.0753. The lowest BCUT2D eigenvalue weighted by atomic mass is 9.79. The minimum Gasteiger partial charge on any atom is -0.453 e. The first-order valence-corrected chi connectivity index (χ1v) is 20.7. The maximum absolute atomic E-state index is 13.8. The Morgan fingerprint density at radius 2 is 1.51 bits per heavy atom. The van der Waals surface area contributed by atoms with Gasteiger partial charge >= 0.3 is 12.2 Å². The lowest BCUT2D eigenvalue weighted by Gasteiger charge is -2.31. The Kier molecular flexibility index (Phi) is 10.6. The number of aryl methyl sites for hydroxylation is 1. The second-order valence-corrected chi connectivity index (χ2v) is 16.5. The number of methoxy groups -OCH3 is 2. The molecule has 1 aliphatic carbocycles. The van der Waals surface area contributed by atoms with Gasteiger partial charge in [-0.05, 0) is 66.1 Å². The molecule has 0 saturated carbocycles. The van der Waals surface area contributed by atoms with E-state index in [2.05, 4.69) is 49.4 Å². The highest BCUT2D eigenvalue weighted by Gasteiger charge is 2.42. The van der Waals surface area contributed by atoms with Crippen LogP contribution in [0.5, 0.6) is 0 Å². The highest BCUT2D eigenvalue weighted by molar-refractivity contribution is 5.91. The Morgan fingerprint density at radius 3 is 2.25 bits per heavy atom. The zero-order valence-corrected chi connectivity index (χ0v) is 34.5. The van der Waals surface area contributed by atoms with Crippen molar-refractivity contribution in [3.8, 4) is 33.9 Å². The van der Waals surface area contributed by atoms with Crippen molar-refractivity contribution >= 4 is 34.6 Å². The van der Waals surface area contributed by atoms with Gasteiger partial charge in [0.05, 0.1) is 50.0 Å². The van der Waals surface area contributed by atoms with Crippen LogP contribution in [-0.2, 0) is 32.0 Å². The average molecular weight is 825 g/mol. The molecule has 6 aromatic rings. The van der Waals surface area contributed by atoms with E-state index in [9.17, 15) is 19.2 Å². The van der Waals surface area contributed by atoms with Gasteiger partial charge in [0.2, 0.25) is 5.91 Å². The summed E-state index contributed by atoms with van der Waals surface area (Å²) >= 11 is 0. The number of nitrogens with one attached hydrogen (secondary N) is 4. The summed E-state index contributed by atoms with van der Waals surface area (Å²) in [5, 5.41) is 7.66. The molecule has 61 heavy (non-hydrogen) atoms. The third-order valence-corrected chi connectivity index (χ3v) is 12.4. The second-order valence-electron chi connectivity index (χ2n) is 16.5. The molecule has 4 aromatic heterocycles. The summed E-state index contributed by atoms with van der Waals surface area (Å²) < 4.78 is 11.8. The van der Waals surface area contributed by atoms with E-state index in [0.29, 0.717) is 43.4 Å². The number of nitrogens with zero attached hydrogens (tertiary/aromatic N) is 6. The number of amides is 3. The number of alkyl carbamates (subject to hydrolysis) is 2. The maximum atomic E-state index is 13.8. The lowest BCUT2D eigenvalue weighted by Crippen LogP contribution is -2.51. The summed E-state index contributed by atoms with van der Waals surface area (Å²) in [7, 11) is 2.62. The molecule has 9 rings (SSSR count). The summed E-state index contributed by atoms with van der Waals surface area (Å²) in [6.07, 6.45) is 11.3. The molecular formula is C45H48N10O6. The molecule has 3 aliphatic rings. The van der Waals surface area contributed by atoms with Crippen molar-refractivity contribution in [2.75, 3.05) is 20.8 Å². The first kappa shape index (κ1) is 39.6. The number of ketones is 1. The number of benzene rings is 2. The molecule has 0 bridgehead atoms. The van der Waals surface area contributed by atoms with Gasteiger partial charge in [-0.1, -0.05) is 38.1 Å². The van der Waals surface area contributed by atoms with E-state index in [4.69, 9.17) is 29.4 Å². The molecule has 1 unspecified atom stereocenters. The van der Waals surface area contributed by atoms with Crippen LogP contribution in [0.15, 0.2) is 73.4 Å². The Labute approximate surface area is 351 Å². The molecule has 4 N–H and O–H groups in total. The molecule has 0 radical (unpaired) electrons. The largest absolute Gasteiger partial charge is 0.453 e. The summed E-state index contributed by atoms with van der Waals surface area (Å²) in [6, 6.07) is 13.2. The third kappa shape index (κ3) is 7.62. The number of rotatable bonds is 9. The molecule has 2 aliphatic heterocycles. The lowest BCUT2D eigenvalue weighted by molar-refractivity contribution is -0.135. The molecule has 6 heterocycles. The normalized spacial score (nSPS) is 20.3. The molecule has 16 nitrogen and oxygen atoms in total. The van der Waals surface area contributed by atoms with Crippen LogP contribution >= 0.6 is 0 Å². The number of carbonyl (C=O) groups is 4. The third-order valence-electron chi connectivity index (χ3n) is 12.4. The van der Waals surface area contributed by atoms with Gasteiger partial charge in [0, 0.05) is 72.4 Å². The van der Waals surface area contributed by atoms with Crippen LogP contribution in [0.25, 0.3) is 44.7 Å². The van der Waals surface area contributed by atoms with Crippen molar-refractivity contribution in [1.82, 2.24) is 50.0 Å².